The summed E-state index contributed by atoms with van der Waals surface area (Å²) in [5.41, 5.74) is 5.84. The highest BCUT2D eigenvalue weighted by molar-refractivity contribution is 5.98. The van der Waals surface area contributed by atoms with Crippen LogP contribution in [0.5, 0.6) is 0 Å². The number of hydrogen-bond acceptors (Lipinski definition) is 4. The van der Waals surface area contributed by atoms with Gasteiger partial charge in [0.1, 0.15) is 5.56 Å². The van der Waals surface area contributed by atoms with E-state index in [0.29, 0.717) is 13.1 Å². The van der Waals surface area contributed by atoms with Gasteiger partial charge in [-0.1, -0.05) is 12.1 Å². The lowest BCUT2D eigenvalue weighted by Crippen LogP contribution is -2.33. The number of nitrogens with two attached hydrogens (primary N) is 1. The Morgan fingerprint density at radius 3 is 2.79 bits per heavy atom. The fraction of sp³-hybridized carbons (Fsp3) is 0.462. The summed E-state index contributed by atoms with van der Waals surface area (Å²) in [6, 6.07) is 6.08. The van der Waals surface area contributed by atoms with Crippen LogP contribution in [0.3, 0.4) is 0 Å². The van der Waals surface area contributed by atoms with Gasteiger partial charge in [-0.15, -0.1) is 0 Å². The molecule has 1 aliphatic heterocycles. The Bertz CT molecular complexity index is 502. The molecule has 6 nitrogen and oxygen atoms in total. The third-order valence-electron chi connectivity index (χ3n) is 3.59. The molecule has 0 bridgehead atoms. The van der Waals surface area contributed by atoms with Crippen LogP contribution in [-0.2, 0) is 0 Å². The first-order valence-corrected chi connectivity index (χ1v) is 6.29. The zero-order valence-electron chi connectivity index (χ0n) is 10.8. The summed E-state index contributed by atoms with van der Waals surface area (Å²) in [6.45, 7) is 3.10. The van der Waals surface area contributed by atoms with Crippen LogP contribution >= 0.6 is 0 Å². The van der Waals surface area contributed by atoms with Crippen molar-refractivity contribution in [2.45, 2.75) is 19.4 Å². The maximum absolute atomic E-state index is 12.3. The molecule has 6 heteroatoms. The fourth-order valence-electron chi connectivity index (χ4n) is 2.38. The average molecular weight is 263 g/mol. The molecule has 0 radical (unpaired) electrons. The first-order valence-electron chi connectivity index (χ1n) is 6.29. The van der Waals surface area contributed by atoms with Crippen LogP contribution in [0.15, 0.2) is 24.3 Å². The smallest absolute Gasteiger partial charge is 0.282 e. The second-order valence-electron chi connectivity index (χ2n) is 4.93. The molecule has 102 valence electrons. The molecule has 2 rings (SSSR count). The second kappa shape index (κ2) is 5.36. The van der Waals surface area contributed by atoms with E-state index in [1.807, 2.05) is 6.92 Å². The van der Waals surface area contributed by atoms with Crippen molar-refractivity contribution >= 4 is 11.6 Å². The minimum atomic E-state index is -0.521. The van der Waals surface area contributed by atoms with Gasteiger partial charge in [-0.05, 0) is 25.3 Å². The summed E-state index contributed by atoms with van der Waals surface area (Å²) in [6.07, 6.45) is 0.851. The van der Waals surface area contributed by atoms with Crippen molar-refractivity contribution in [2.75, 3.05) is 13.1 Å². The van der Waals surface area contributed by atoms with Crippen molar-refractivity contribution in [3.63, 3.8) is 0 Å². The number of likely N-dealkylation sites (tertiary alicyclic amines) is 1. The van der Waals surface area contributed by atoms with Gasteiger partial charge >= 0.3 is 0 Å². The fourth-order valence-corrected chi connectivity index (χ4v) is 2.38. The molecule has 2 atom stereocenters. The zero-order chi connectivity index (χ0) is 14.0. The summed E-state index contributed by atoms with van der Waals surface area (Å²) in [5.74, 6) is -0.0119. The summed E-state index contributed by atoms with van der Waals surface area (Å²) in [4.78, 5) is 24.4. The number of nitrogens with zero attached hydrogens (tertiary/aromatic N) is 2. The molecule has 0 saturated carbocycles. The number of rotatable bonds is 3. The molecule has 1 saturated heterocycles. The lowest BCUT2D eigenvalue weighted by Gasteiger charge is -2.18. The topological polar surface area (TPSA) is 89.5 Å². The maximum atomic E-state index is 12.3. The van der Waals surface area contributed by atoms with Crippen LogP contribution in [0, 0.1) is 16.0 Å². The summed E-state index contributed by atoms with van der Waals surface area (Å²) >= 11 is 0. The van der Waals surface area contributed by atoms with E-state index in [1.54, 1.807) is 17.0 Å². The van der Waals surface area contributed by atoms with Crippen LogP contribution in [0.25, 0.3) is 0 Å². The Hall–Kier alpha value is -1.95. The molecule has 1 amide bonds. The third kappa shape index (κ3) is 2.73. The largest absolute Gasteiger partial charge is 0.338 e. The molecule has 0 aromatic heterocycles. The van der Waals surface area contributed by atoms with E-state index in [1.165, 1.54) is 12.1 Å². The monoisotopic (exact) mass is 263 g/mol. The van der Waals surface area contributed by atoms with Crippen LogP contribution in [-0.4, -0.2) is 34.9 Å². The molecule has 2 unspecified atom stereocenters. The number of carbonyl (C=O) groups excluding carboxylic acids is 1. The average Bonchev–Trinajstić information content (AvgIpc) is 2.87. The molecule has 0 aliphatic carbocycles. The molecule has 0 spiro atoms. The van der Waals surface area contributed by atoms with Gasteiger partial charge in [0.05, 0.1) is 4.92 Å². The van der Waals surface area contributed by atoms with Crippen molar-refractivity contribution in [1.29, 1.82) is 0 Å². The minimum absolute atomic E-state index is 0.0311. The zero-order valence-corrected chi connectivity index (χ0v) is 10.8. The van der Waals surface area contributed by atoms with Crippen molar-refractivity contribution in [1.82, 2.24) is 4.90 Å². The third-order valence-corrected chi connectivity index (χ3v) is 3.59. The van der Waals surface area contributed by atoms with Gasteiger partial charge in [-0.2, -0.15) is 0 Å². The van der Waals surface area contributed by atoms with E-state index in [-0.39, 0.29) is 29.1 Å². The Labute approximate surface area is 111 Å². The van der Waals surface area contributed by atoms with Crippen LogP contribution in [0.2, 0.25) is 0 Å². The van der Waals surface area contributed by atoms with E-state index in [9.17, 15) is 14.9 Å². The van der Waals surface area contributed by atoms with E-state index < -0.39 is 4.92 Å². The van der Waals surface area contributed by atoms with E-state index >= 15 is 0 Å². The van der Waals surface area contributed by atoms with E-state index in [4.69, 9.17) is 5.73 Å². The number of benzene rings is 1. The van der Waals surface area contributed by atoms with Crippen LogP contribution in [0.1, 0.15) is 23.7 Å². The summed E-state index contributed by atoms with van der Waals surface area (Å²) in [7, 11) is 0. The summed E-state index contributed by atoms with van der Waals surface area (Å²) in [5, 5.41) is 10.9. The van der Waals surface area contributed by atoms with Gasteiger partial charge in [0.25, 0.3) is 11.6 Å². The highest BCUT2D eigenvalue weighted by atomic mass is 16.6. The summed E-state index contributed by atoms with van der Waals surface area (Å²) < 4.78 is 0. The number of para-hydroxylation sites is 1. The van der Waals surface area contributed by atoms with Crippen molar-refractivity contribution < 1.29 is 9.72 Å². The molecular formula is C13H17N3O3. The second-order valence-corrected chi connectivity index (χ2v) is 4.93. The number of carbonyl (C=O) groups is 1. The Morgan fingerprint density at radius 1 is 1.53 bits per heavy atom. The Morgan fingerprint density at radius 2 is 2.21 bits per heavy atom. The normalized spacial score (nSPS) is 20.3. The van der Waals surface area contributed by atoms with Gasteiger partial charge in [0.15, 0.2) is 0 Å². The standard InChI is InChI=1S/C13H17N3O3/c1-9(14)10-6-7-15(8-10)13(17)11-4-2-3-5-12(11)16(18)19/h2-5,9-10H,6-8,14H2,1H3. The number of hydrogen-bond donors (Lipinski definition) is 1. The Kier molecular flexibility index (Phi) is 3.80. The molecule has 1 aliphatic rings. The number of amides is 1. The van der Waals surface area contributed by atoms with Crippen molar-refractivity contribution in [2.24, 2.45) is 11.7 Å². The first-order chi connectivity index (χ1) is 9.00. The van der Waals surface area contributed by atoms with E-state index in [0.717, 1.165) is 6.42 Å². The van der Waals surface area contributed by atoms with Crippen molar-refractivity contribution in [3.8, 4) is 0 Å². The molecule has 19 heavy (non-hydrogen) atoms. The van der Waals surface area contributed by atoms with Crippen LogP contribution < -0.4 is 5.73 Å². The Balaban J connectivity index is 2.19. The minimum Gasteiger partial charge on any atom is -0.338 e. The van der Waals surface area contributed by atoms with Gasteiger partial charge in [-0.25, -0.2) is 0 Å². The molecule has 1 aromatic carbocycles. The quantitative estimate of drug-likeness (QED) is 0.659. The van der Waals surface area contributed by atoms with Gasteiger partial charge < -0.3 is 10.6 Å². The van der Waals surface area contributed by atoms with Gasteiger partial charge in [-0.3, -0.25) is 14.9 Å². The molecule has 1 heterocycles. The van der Waals surface area contributed by atoms with Gasteiger partial charge in [0, 0.05) is 25.2 Å². The van der Waals surface area contributed by atoms with Crippen molar-refractivity contribution in [3.05, 3.63) is 39.9 Å². The predicted molar refractivity (Wildman–Crippen MR) is 70.8 cm³/mol. The number of nitro benzene ring substituents is 1. The highest BCUT2D eigenvalue weighted by Crippen LogP contribution is 2.24. The number of nitro groups is 1. The maximum Gasteiger partial charge on any atom is 0.282 e. The molecule has 2 N–H and O–H groups in total. The van der Waals surface area contributed by atoms with E-state index in [2.05, 4.69) is 0 Å². The van der Waals surface area contributed by atoms with Crippen LogP contribution in [0.4, 0.5) is 5.69 Å². The molecular weight excluding hydrogens is 246 g/mol. The highest BCUT2D eigenvalue weighted by Gasteiger charge is 2.31. The lowest BCUT2D eigenvalue weighted by atomic mass is 10.0. The predicted octanol–water partition coefficient (Wildman–Crippen LogP) is 1.40. The SMILES string of the molecule is CC(N)C1CCN(C(=O)c2ccccc2[N+](=O)[O-])C1. The molecule has 1 aromatic rings. The first kappa shape index (κ1) is 13.5. The van der Waals surface area contributed by atoms with Gasteiger partial charge in [0.2, 0.25) is 0 Å². The molecule has 1 fully saturated rings. The lowest BCUT2D eigenvalue weighted by molar-refractivity contribution is -0.385.